The standard InChI is InChI=1S/C22H19FN4O3/c1-30-12-4-11-25-22(29)18(13-24)19-16-5-2-3-6-17(16)20(26-19)27-21(28)14-7-9-15(23)10-8-14/h2-3,5-10H,4,11-12H2,1H3,(H,25,29)(H,26,27,28). The number of hydrogen-bond acceptors (Lipinski definition) is 5. The van der Waals surface area contributed by atoms with E-state index >= 15 is 0 Å². The number of carbonyl (C=O) groups is 2. The van der Waals surface area contributed by atoms with Crippen molar-refractivity contribution in [3.8, 4) is 6.07 Å². The number of hydrogen-bond donors (Lipinski definition) is 2. The number of nitrogens with zero attached hydrogens (tertiary/aromatic N) is 2. The Bertz CT molecular complexity index is 1070. The minimum atomic E-state index is -0.548. The Hall–Kier alpha value is -3.83. The highest BCUT2D eigenvalue weighted by Gasteiger charge is 2.27. The molecule has 0 fully saturated rings. The Morgan fingerprint density at radius 3 is 2.50 bits per heavy atom. The van der Waals surface area contributed by atoms with Gasteiger partial charge >= 0.3 is 0 Å². The van der Waals surface area contributed by atoms with E-state index in [-0.39, 0.29) is 22.7 Å². The van der Waals surface area contributed by atoms with Gasteiger partial charge in [0.2, 0.25) is 0 Å². The highest BCUT2D eigenvalue weighted by Crippen LogP contribution is 2.30. The van der Waals surface area contributed by atoms with Gasteiger partial charge in [-0.15, -0.1) is 0 Å². The normalized spacial score (nSPS) is 13.7. The maximum Gasteiger partial charge on any atom is 0.264 e. The maximum absolute atomic E-state index is 13.1. The first kappa shape index (κ1) is 20.9. The minimum absolute atomic E-state index is 0.147. The fourth-order valence-corrected chi connectivity index (χ4v) is 2.91. The van der Waals surface area contributed by atoms with Crippen LogP contribution in [0.5, 0.6) is 0 Å². The molecule has 1 heterocycles. The van der Waals surface area contributed by atoms with Gasteiger partial charge in [0.05, 0.1) is 5.70 Å². The Morgan fingerprint density at radius 1 is 1.13 bits per heavy atom. The Balaban J connectivity index is 1.89. The van der Waals surface area contributed by atoms with Crippen molar-refractivity contribution in [1.82, 2.24) is 10.6 Å². The zero-order valence-corrected chi connectivity index (χ0v) is 16.2. The molecule has 0 saturated carbocycles. The lowest BCUT2D eigenvalue weighted by Gasteiger charge is -2.06. The van der Waals surface area contributed by atoms with Crippen molar-refractivity contribution < 1.29 is 18.7 Å². The summed E-state index contributed by atoms with van der Waals surface area (Å²) >= 11 is 0. The highest BCUT2D eigenvalue weighted by atomic mass is 19.1. The molecule has 8 heteroatoms. The van der Waals surface area contributed by atoms with Crippen LogP contribution in [0.2, 0.25) is 0 Å². The molecular formula is C22H19FN4O3. The van der Waals surface area contributed by atoms with E-state index < -0.39 is 17.6 Å². The average Bonchev–Trinajstić information content (AvgIpc) is 3.10. The lowest BCUT2D eigenvalue weighted by Crippen LogP contribution is -2.30. The van der Waals surface area contributed by atoms with Crippen LogP contribution in [0.3, 0.4) is 0 Å². The summed E-state index contributed by atoms with van der Waals surface area (Å²) in [6.45, 7) is 0.837. The number of methoxy groups -OCH3 is 1. The number of aliphatic imine (C=N–C) groups is 1. The van der Waals surface area contributed by atoms with Gasteiger partial charge in [0, 0.05) is 37.0 Å². The van der Waals surface area contributed by atoms with Gasteiger partial charge in [0.1, 0.15) is 23.3 Å². The van der Waals surface area contributed by atoms with Crippen LogP contribution >= 0.6 is 0 Å². The summed E-state index contributed by atoms with van der Waals surface area (Å²) in [5.41, 5.74) is 1.45. The molecule has 2 N–H and O–H groups in total. The molecule has 7 nitrogen and oxygen atoms in total. The molecule has 1 aliphatic heterocycles. The van der Waals surface area contributed by atoms with E-state index in [0.29, 0.717) is 30.7 Å². The molecule has 0 saturated heterocycles. The predicted octanol–water partition coefficient (Wildman–Crippen LogP) is 2.40. The summed E-state index contributed by atoms with van der Waals surface area (Å²) in [4.78, 5) is 29.4. The zero-order chi connectivity index (χ0) is 21.5. The van der Waals surface area contributed by atoms with Crippen molar-refractivity contribution in [2.24, 2.45) is 4.99 Å². The fraction of sp³-hybridized carbons (Fsp3) is 0.182. The Kier molecular flexibility index (Phi) is 6.67. The number of benzene rings is 2. The second-order valence-electron chi connectivity index (χ2n) is 6.40. The molecule has 0 atom stereocenters. The molecule has 2 amide bonds. The van der Waals surface area contributed by atoms with Crippen LogP contribution in [0.1, 0.15) is 27.9 Å². The molecule has 30 heavy (non-hydrogen) atoms. The number of carbonyl (C=O) groups excluding carboxylic acids is 2. The van der Waals surface area contributed by atoms with Crippen LogP contribution in [-0.4, -0.2) is 37.9 Å². The monoisotopic (exact) mass is 406 g/mol. The second kappa shape index (κ2) is 9.58. The minimum Gasteiger partial charge on any atom is -0.385 e. The van der Waals surface area contributed by atoms with Gasteiger partial charge in [-0.1, -0.05) is 24.3 Å². The molecule has 0 aromatic heterocycles. The molecule has 0 bridgehead atoms. The van der Waals surface area contributed by atoms with Crippen LogP contribution in [0.25, 0.3) is 5.70 Å². The SMILES string of the molecule is COCCCNC(=O)C(C#N)=C1N=C(NC(=O)c2ccc(F)cc2)c2ccccc21. The van der Waals surface area contributed by atoms with Crippen molar-refractivity contribution in [1.29, 1.82) is 5.26 Å². The third-order valence-corrected chi connectivity index (χ3v) is 4.39. The van der Waals surface area contributed by atoms with Gasteiger partial charge in [-0.05, 0) is 30.7 Å². The van der Waals surface area contributed by atoms with Gasteiger partial charge < -0.3 is 15.4 Å². The maximum atomic E-state index is 13.1. The van der Waals surface area contributed by atoms with Crippen molar-refractivity contribution in [3.63, 3.8) is 0 Å². The van der Waals surface area contributed by atoms with Crippen LogP contribution in [0, 0.1) is 17.1 Å². The van der Waals surface area contributed by atoms with Crippen molar-refractivity contribution in [3.05, 3.63) is 76.6 Å². The van der Waals surface area contributed by atoms with Crippen LogP contribution in [0.4, 0.5) is 4.39 Å². The van der Waals surface area contributed by atoms with Gasteiger partial charge in [0.15, 0.2) is 0 Å². The number of ether oxygens (including phenoxy) is 1. The fourth-order valence-electron chi connectivity index (χ4n) is 2.91. The molecule has 2 aromatic carbocycles. The lowest BCUT2D eigenvalue weighted by atomic mass is 10.0. The van der Waals surface area contributed by atoms with Crippen LogP contribution in [0.15, 0.2) is 59.1 Å². The largest absolute Gasteiger partial charge is 0.385 e. The van der Waals surface area contributed by atoms with Crippen molar-refractivity contribution >= 4 is 23.3 Å². The second-order valence-corrected chi connectivity index (χ2v) is 6.40. The molecular weight excluding hydrogens is 387 g/mol. The van der Waals surface area contributed by atoms with E-state index in [4.69, 9.17) is 4.74 Å². The summed E-state index contributed by atoms with van der Waals surface area (Å²) in [6.07, 6.45) is 0.606. The number of rotatable bonds is 6. The molecule has 0 radical (unpaired) electrons. The summed E-state index contributed by atoms with van der Waals surface area (Å²) in [5, 5.41) is 14.9. The van der Waals surface area contributed by atoms with Crippen LogP contribution in [-0.2, 0) is 9.53 Å². The van der Waals surface area contributed by atoms with E-state index in [9.17, 15) is 19.2 Å². The van der Waals surface area contributed by atoms with E-state index in [1.165, 1.54) is 24.3 Å². The number of fused-ring (bicyclic) bond motifs is 1. The summed E-state index contributed by atoms with van der Waals surface area (Å²) in [7, 11) is 1.57. The average molecular weight is 406 g/mol. The quantitative estimate of drug-likeness (QED) is 0.437. The number of nitrogens with one attached hydrogen (secondary N) is 2. The number of amidine groups is 1. The highest BCUT2D eigenvalue weighted by molar-refractivity contribution is 6.20. The first-order valence-corrected chi connectivity index (χ1v) is 9.22. The lowest BCUT2D eigenvalue weighted by molar-refractivity contribution is -0.117. The van der Waals surface area contributed by atoms with Crippen LogP contribution < -0.4 is 10.6 Å². The molecule has 3 rings (SSSR count). The summed E-state index contributed by atoms with van der Waals surface area (Å²) < 4.78 is 18.0. The Labute approximate surface area is 172 Å². The van der Waals surface area contributed by atoms with Gasteiger partial charge in [-0.2, -0.15) is 5.26 Å². The molecule has 0 aliphatic carbocycles. The van der Waals surface area contributed by atoms with Gasteiger partial charge in [-0.3, -0.25) is 9.59 Å². The zero-order valence-electron chi connectivity index (χ0n) is 16.2. The smallest absolute Gasteiger partial charge is 0.264 e. The Morgan fingerprint density at radius 2 is 1.83 bits per heavy atom. The van der Waals surface area contributed by atoms with Crippen molar-refractivity contribution in [2.75, 3.05) is 20.3 Å². The number of nitriles is 1. The molecule has 152 valence electrons. The third-order valence-electron chi connectivity index (χ3n) is 4.39. The number of halogens is 1. The third kappa shape index (κ3) is 4.59. The molecule has 0 spiro atoms. The molecule has 0 unspecified atom stereocenters. The van der Waals surface area contributed by atoms with E-state index in [1.807, 2.05) is 6.07 Å². The molecule has 2 aromatic rings. The topological polar surface area (TPSA) is 104 Å². The van der Waals surface area contributed by atoms with E-state index in [0.717, 1.165) is 0 Å². The predicted molar refractivity (Wildman–Crippen MR) is 109 cm³/mol. The first-order valence-electron chi connectivity index (χ1n) is 9.22. The van der Waals surface area contributed by atoms with Crippen molar-refractivity contribution in [2.45, 2.75) is 6.42 Å². The van der Waals surface area contributed by atoms with Gasteiger partial charge in [-0.25, -0.2) is 9.38 Å². The van der Waals surface area contributed by atoms with E-state index in [1.54, 1.807) is 31.4 Å². The summed E-state index contributed by atoms with van der Waals surface area (Å²) in [5.74, 6) is -1.26. The number of amides is 2. The van der Waals surface area contributed by atoms with E-state index in [2.05, 4.69) is 15.6 Å². The summed E-state index contributed by atoms with van der Waals surface area (Å²) in [6, 6.07) is 14.0. The first-order chi connectivity index (χ1) is 14.5. The van der Waals surface area contributed by atoms with Gasteiger partial charge in [0.25, 0.3) is 11.8 Å². The molecule has 1 aliphatic rings.